The Balaban J connectivity index is 2.99. The van der Waals surface area contributed by atoms with Crippen molar-refractivity contribution in [1.82, 2.24) is 15.5 Å². The second-order valence-electron chi connectivity index (χ2n) is 8.00. The second kappa shape index (κ2) is 11.5. The predicted molar refractivity (Wildman–Crippen MR) is 106 cm³/mol. The van der Waals surface area contributed by atoms with Crippen LogP contribution in [0.3, 0.4) is 0 Å². The Kier molecular flexibility index (Phi) is 9.70. The van der Waals surface area contributed by atoms with Gasteiger partial charge in [0, 0.05) is 13.0 Å². The number of carboxylic acids is 2. The fourth-order valence-electron chi connectivity index (χ4n) is 3.29. The van der Waals surface area contributed by atoms with Gasteiger partial charge in [0.15, 0.2) is 0 Å². The van der Waals surface area contributed by atoms with Crippen molar-refractivity contribution in [1.29, 1.82) is 0 Å². The molecule has 4 atom stereocenters. The first-order chi connectivity index (χ1) is 13.9. The Labute approximate surface area is 175 Å². The third-order valence-electron chi connectivity index (χ3n) is 4.84. The average molecular weight is 428 g/mol. The van der Waals surface area contributed by atoms with E-state index in [1.54, 1.807) is 0 Å². The molecule has 1 rings (SSSR count). The summed E-state index contributed by atoms with van der Waals surface area (Å²) in [5.41, 5.74) is 5.51. The molecule has 170 valence electrons. The van der Waals surface area contributed by atoms with E-state index in [2.05, 4.69) is 10.6 Å². The van der Waals surface area contributed by atoms with Crippen LogP contribution in [0.1, 0.15) is 52.9 Å². The van der Waals surface area contributed by atoms with E-state index in [-0.39, 0.29) is 31.7 Å². The van der Waals surface area contributed by atoms with Crippen LogP contribution in [-0.4, -0.2) is 75.5 Å². The number of carbonyl (C=O) groups is 5. The summed E-state index contributed by atoms with van der Waals surface area (Å²) in [5, 5.41) is 23.2. The summed E-state index contributed by atoms with van der Waals surface area (Å²) in [6, 6.07) is -4.02. The van der Waals surface area contributed by atoms with Crippen LogP contribution < -0.4 is 16.4 Å². The minimum absolute atomic E-state index is 0.0151. The van der Waals surface area contributed by atoms with Gasteiger partial charge in [-0.1, -0.05) is 13.8 Å². The van der Waals surface area contributed by atoms with Gasteiger partial charge < -0.3 is 31.5 Å². The molecule has 0 bridgehead atoms. The van der Waals surface area contributed by atoms with Crippen LogP contribution in [0.5, 0.6) is 0 Å². The number of hydrogen-bond donors (Lipinski definition) is 5. The zero-order chi connectivity index (χ0) is 23.0. The van der Waals surface area contributed by atoms with E-state index in [1.165, 1.54) is 11.8 Å². The van der Waals surface area contributed by atoms with Gasteiger partial charge in [-0.15, -0.1) is 0 Å². The molecule has 0 aromatic carbocycles. The standard InChI is InChI=1S/C19H32N4O7/c1-10(2)9-13(18(28)23-8-4-5-14(23)19(29)30)22-17(27)12(6-7-15(24)25)21-16(26)11(3)20/h10-14H,4-9,20H2,1-3H3,(H,21,26)(H,22,27)(H,24,25)(H,29,30). The summed E-state index contributed by atoms with van der Waals surface area (Å²) in [6.45, 7) is 5.41. The SMILES string of the molecule is CC(C)CC(NC(=O)C(CCC(=O)O)NC(=O)C(C)N)C(=O)N1CCCC1C(=O)O. The molecule has 1 aliphatic rings. The van der Waals surface area contributed by atoms with Crippen LogP contribution in [0.2, 0.25) is 0 Å². The summed E-state index contributed by atoms with van der Waals surface area (Å²) < 4.78 is 0. The van der Waals surface area contributed by atoms with Crippen molar-refractivity contribution in [3.8, 4) is 0 Å². The molecule has 11 heteroatoms. The summed E-state index contributed by atoms with van der Waals surface area (Å²) in [6.07, 6.45) is 0.614. The number of amides is 3. The fraction of sp³-hybridized carbons (Fsp3) is 0.737. The molecule has 6 N–H and O–H groups in total. The fourth-order valence-corrected chi connectivity index (χ4v) is 3.29. The van der Waals surface area contributed by atoms with E-state index >= 15 is 0 Å². The summed E-state index contributed by atoms with van der Waals surface area (Å²) in [7, 11) is 0. The molecular formula is C19H32N4O7. The largest absolute Gasteiger partial charge is 0.481 e. The van der Waals surface area contributed by atoms with Crippen LogP contribution in [0, 0.1) is 5.92 Å². The Morgan fingerprint density at radius 2 is 1.63 bits per heavy atom. The van der Waals surface area contributed by atoms with Crippen molar-refractivity contribution in [2.24, 2.45) is 11.7 Å². The van der Waals surface area contributed by atoms with Crippen LogP contribution in [0.15, 0.2) is 0 Å². The number of carboxylic acid groups (broad SMARTS) is 2. The van der Waals surface area contributed by atoms with Gasteiger partial charge in [-0.3, -0.25) is 19.2 Å². The molecule has 11 nitrogen and oxygen atoms in total. The second-order valence-corrected chi connectivity index (χ2v) is 8.00. The average Bonchev–Trinajstić information content (AvgIpc) is 3.12. The molecule has 1 heterocycles. The molecule has 1 saturated heterocycles. The lowest BCUT2D eigenvalue weighted by Crippen LogP contribution is -2.57. The Bertz CT molecular complexity index is 665. The third kappa shape index (κ3) is 7.62. The highest BCUT2D eigenvalue weighted by atomic mass is 16.4. The van der Waals surface area contributed by atoms with Crippen LogP contribution >= 0.6 is 0 Å². The van der Waals surface area contributed by atoms with E-state index in [1.807, 2.05) is 13.8 Å². The molecule has 1 fully saturated rings. The third-order valence-corrected chi connectivity index (χ3v) is 4.84. The van der Waals surface area contributed by atoms with Gasteiger partial charge >= 0.3 is 11.9 Å². The van der Waals surface area contributed by atoms with E-state index in [4.69, 9.17) is 10.8 Å². The van der Waals surface area contributed by atoms with Crippen LogP contribution in [0.25, 0.3) is 0 Å². The minimum atomic E-state index is -1.18. The zero-order valence-electron chi connectivity index (χ0n) is 17.6. The Morgan fingerprint density at radius 3 is 2.13 bits per heavy atom. The highest BCUT2D eigenvalue weighted by molar-refractivity contribution is 5.94. The number of likely N-dealkylation sites (tertiary alicyclic amines) is 1. The van der Waals surface area contributed by atoms with E-state index in [9.17, 15) is 29.1 Å². The van der Waals surface area contributed by atoms with Gasteiger partial charge in [-0.05, 0) is 38.5 Å². The van der Waals surface area contributed by atoms with Gasteiger partial charge in [-0.2, -0.15) is 0 Å². The number of rotatable bonds is 11. The summed E-state index contributed by atoms with van der Waals surface area (Å²) in [4.78, 5) is 61.3. The lowest BCUT2D eigenvalue weighted by molar-refractivity contribution is -0.149. The van der Waals surface area contributed by atoms with Gasteiger partial charge in [0.05, 0.1) is 6.04 Å². The van der Waals surface area contributed by atoms with Crippen LogP contribution in [0.4, 0.5) is 0 Å². The molecule has 0 aromatic rings. The highest BCUT2D eigenvalue weighted by Gasteiger charge is 2.38. The molecule has 0 aliphatic carbocycles. The van der Waals surface area contributed by atoms with Crippen LogP contribution in [-0.2, 0) is 24.0 Å². The number of aliphatic carboxylic acids is 2. The first-order valence-electron chi connectivity index (χ1n) is 10.0. The van der Waals surface area contributed by atoms with Crippen molar-refractivity contribution < 1.29 is 34.2 Å². The highest BCUT2D eigenvalue weighted by Crippen LogP contribution is 2.20. The minimum Gasteiger partial charge on any atom is -0.481 e. The van der Waals surface area contributed by atoms with Gasteiger partial charge in [-0.25, -0.2) is 4.79 Å². The maximum absolute atomic E-state index is 13.0. The number of nitrogens with one attached hydrogen (secondary N) is 2. The first-order valence-corrected chi connectivity index (χ1v) is 10.0. The van der Waals surface area contributed by atoms with Crippen molar-refractivity contribution in [3.63, 3.8) is 0 Å². The number of nitrogens with zero attached hydrogens (tertiary/aromatic N) is 1. The molecule has 3 amide bonds. The maximum Gasteiger partial charge on any atom is 0.326 e. The molecule has 1 aliphatic heterocycles. The van der Waals surface area contributed by atoms with Gasteiger partial charge in [0.25, 0.3) is 0 Å². The van der Waals surface area contributed by atoms with Gasteiger partial charge in [0.1, 0.15) is 18.1 Å². The molecular weight excluding hydrogens is 396 g/mol. The van der Waals surface area contributed by atoms with Crippen molar-refractivity contribution in [3.05, 3.63) is 0 Å². The summed E-state index contributed by atoms with van der Waals surface area (Å²) >= 11 is 0. The molecule has 0 radical (unpaired) electrons. The quantitative estimate of drug-likeness (QED) is 0.286. The molecule has 0 spiro atoms. The van der Waals surface area contributed by atoms with Gasteiger partial charge in [0.2, 0.25) is 17.7 Å². The van der Waals surface area contributed by atoms with Crippen molar-refractivity contribution in [2.45, 2.75) is 77.0 Å². The van der Waals surface area contributed by atoms with Crippen molar-refractivity contribution >= 4 is 29.7 Å². The molecule has 0 saturated carbocycles. The zero-order valence-corrected chi connectivity index (χ0v) is 17.6. The smallest absolute Gasteiger partial charge is 0.326 e. The molecule has 4 unspecified atom stereocenters. The number of nitrogens with two attached hydrogens (primary N) is 1. The topological polar surface area (TPSA) is 179 Å². The number of carbonyl (C=O) groups excluding carboxylic acids is 3. The lowest BCUT2D eigenvalue weighted by Gasteiger charge is -2.29. The van der Waals surface area contributed by atoms with E-state index < -0.39 is 53.8 Å². The normalized spacial score (nSPS) is 19.1. The molecule has 0 aromatic heterocycles. The number of hydrogen-bond acceptors (Lipinski definition) is 6. The Hall–Kier alpha value is -2.69. The predicted octanol–water partition coefficient (Wildman–Crippen LogP) is -0.710. The van der Waals surface area contributed by atoms with E-state index in [0.717, 1.165) is 0 Å². The lowest BCUT2D eigenvalue weighted by atomic mass is 10.0. The van der Waals surface area contributed by atoms with Crippen molar-refractivity contribution in [2.75, 3.05) is 6.54 Å². The summed E-state index contributed by atoms with van der Waals surface area (Å²) in [5.74, 6) is -4.06. The monoisotopic (exact) mass is 428 g/mol. The molecule has 30 heavy (non-hydrogen) atoms. The maximum atomic E-state index is 13.0. The Morgan fingerprint density at radius 1 is 1.03 bits per heavy atom. The first kappa shape index (κ1) is 25.3. The van der Waals surface area contributed by atoms with E-state index in [0.29, 0.717) is 12.8 Å².